The number of nitrogens with two attached hydrogens (primary N) is 1. The van der Waals surface area contributed by atoms with Crippen LogP contribution in [0, 0.1) is 6.92 Å². The van der Waals surface area contributed by atoms with Crippen molar-refractivity contribution < 1.29 is 14.7 Å². The third kappa shape index (κ3) is 4.01. The van der Waals surface area contributed by atoms with Crippen LogP contribution in [0.25, 0.3) is 0 Å². The molecular weight excluding hydrogens is 346 g/mol. The number of aryl methyl sites for hydroxylation is 1. The Balaban J connectivity index is 1.82. The number of rotatable bonds is 4. The smallest absolute Gasteiger partial charge is 0.278 e. The van der Waals surface area contributed by atoms with Crippen molar-refractivity contribution in [2.24, 2.45) is 0 Å². The van der Waals surface area contributed by atoms with Crippen LogP contribution in [0.5, 0.6) is 5.75 Å². The van der Waals surface area contributed by atoms with Crippen LogP contribution in [0.15, 0.2) is 54.9 Å². The number of benzene rings is 2. The second-order valence-corrected chi connectivity index (χ2v) is 5.76. The maximum Gasteiger partial charge on any atom is 0.278 e. The molecule has 8 nitrogen and oxygen atoms in total. The Morgan fingerprint density at radius 2 is 1.74 bits per heavy atom. The predicted octanol–water partition coefficient (Wildman–Crippen LogP) is 2.58. The summed E-state index contributed by atoms with van der Waals surface area (Å²) in [6, 6.07) is 13.9. The zero-order valence-corrected chi connectivity index (χ0v) is 14.4. The number of para-hydroxylation sites is 1. The van der Waals surface area contributed by atoms with Gasteiger partial charge in [0.25, 0.3) is 11.8 Å². The molecule has 0 unspecified atom stereocenters. The summed E-state index contributed by atoms with van der Waals surface area (Å²) in [7, 11) is 0. The minimum atomic E-state index is -0.662. The van der Waals surface area contributed by atoms with Crippen LogP contribution in [-0.2, 0) is 0 Å². The monoisotopic (exact) mass is 363 g/mol. The van der Waals surface area contributed by atoms with Crippen molar-refractivity contribution >= 4 is 29.0 Å². The topological polar surface area (TPSA) is 130 Å². The molecule has 0 saturated carbocycles. The van der Waals surface area contributed by atoms with Crippen LogP contribution in [0.4, 0.5) is 17.2 Å². The number of nitrogens with zero attached hydrogens (tertiary/aromatic N) is 2. The van der Waals surface area contributed by atoms with Gasteiger partial charge in [-0.3, -0.25) is 9.59 Å². The van der Waals surface area contributed by atoms with Crippen molar-refractivity contribution in [1.29, 1.82) is 0 Å². The molecule has 0 fully saturated rings. The SMILES string of the molecule is Cc1ccc(C(=O)Nc2ccccc2)cc1NC(=O)c1ncnc(N)c1O. The molecule has 2 aromatic carbocycles. The van der Waals surface area contributed by atoms with E-state index >= 15 is 0 Å². The van der Waals surface area contributed by atoms with E-state index in [-0.39, 0.29) is 17.4 Å². The molecule has 5 N–H and O–H groups in total. The van der Waals surface area contributed by atoms with Gasteiger partial charge in [-0.05, 0) is 36.8 Å². The summed E-state index contributed by atoms with van der Waals surface area (Å²) < 4.78 is 0. The fraction of sp³-hybridized carbons (Fsp3) is 0.0526. The molecule has 2 amide bonds. The lowest BCUT2D eigenvalue weighted by atomic mass is 10.1. The normalized spacial score (nSPS) is 10.3. The molecule has 136 valence electrons. The van der Waals surface area contributed by atoms with E-state index in [4.69, 9.17) is 5.73 Å². The van der Waals surface area contributed by atoms with E-state index in [0.29, 0.717) is 16.9 Å². The van der Waals surface area contributed by atoms with Gasteiger partial charge in [-0.25, -0.2) is 9.97 Å². The van der Waals surface area contributed by atoms with Gasteiger partial charge in [0.15, 0.2) is 17.3 Å². The first kappa shape index (κ1) is 17.9. The molecule has 0 spiro atoms. The molecule has 0 bridgehead atoms. The van der Waals surface area contributed by atoms with E-state index in [1.165, 1.54) is 0 Å². The predicted molar refractivity (Wildman–Crippen MR) is 102 cm³/mol. The van der Waals surface area contributed by atoms with Crippen molar-refractivity contribution in [3.05, 3.63) is 71.7 Å². The molecule has 3 aromatic rings. The maximum atomic E-state index is 12.4. The number of amides is 2. The van der Waals surface area contributed by atoms with Crippen LogP contribution >= 0.6 is 0 Å². The summed E-state index contributed by atoms with van der Waals surface area (Å²) in [6.07, 6.45) is 1.08. The third-order valence-electron chi connectivity index (χ3n) is 3.85. The molecule has 0 aliphatic carbocycles. The summed E-state index contributed by atoms with van der Waals surface area (Å²) in [5.41, 5.74) is 7.42. The molecule has 0 atom stereocenters. The molecule has 27 heavy (non-hydrogen) atoms. The quantitative estimate of drug-likeness (QED) is 0.563. The number of aromatic hydroxyl groups is 1. The highest BCUT2D eigenvalue weighted by Crippen LogP contribution is 2.23. The van der Waals surface area contributed by atoms with Gasteiger partial charge in [0.1, 0.15) is 6.33 Å². The van der Waals surface area contributed by atoms with Crippen molar-refractivity contribution in [3.8, 4) is 5.75 Å². The van der Waals surface area contributed by atoms with Crippen LogP contribution in [0.2, 0.25) is 0 Å². The summed E-state index contributed by atoms with van der Waals surface area (Å²) >= 11 is 0. The highest BCUT2D eigenvalue weighted by atomic mass is 16.3. The average molecular weight is 363 g/mol. The van der Waals surface area contributed by atoms with Crippen molar-refractivity contribution in [3.63, 3.8) is 0 Å². The summed E-state index contributed by atoms with van der Waals surface area (Å²) in [6.45, 7) is 1.78. The summed E-state index contributed by atoms with van der Waals surface area (Å²) in [4.78, 5) is 32.2. The number of carbonyl (C=O) groups excluding carboxylic acids is 2. The Bertz CT molecular complexity index is 1010. The molecular formula is C19H17N5O3. The molecule has 0 aliphatic heterocycles. The van der Waals surface area contributed by atoms with Crippen LogP contribution in [-0.4, -0.2) is 26.9 Å². The van der Waals surface area contributed by atoms with Gasteiger partial charge < -0.3 is 21.5 Å². The Morgan fingerprint density at radius 1 is 1.00 bits per heavy atom. The van der Waals surface area contributed by atoms with E-state index < -0.39 is 11.7 Å². The van der Waals surface area contributed by atoms with Gasteiger partial charge in [-0.15, -0.1) is 0 Å². The Morgan fingerprint density at radius 3 is 2.48 bits per heavy atom. The minimum absolute atomic E-state index is 0.192. The minimum Gasteiger partial charge on any atom is -0.503 e. The first-order chi connectivity index (χ1) is 13.0. The molecule has 8 heteroatoms. The van der Waals surface area contributed by atoms with Crippen LogP contribution in [0.3, 0.4) is 0 Å². The summed E-state index contributed by atoms with van der Waals surface area (Å²) in [5.74, 6) is -1.66. The van der Waals surface area contributed by atoms with E-state index in [1.54, 1.807) is 37.3 Å². The molecule has 0 radical (unpaired) electrons. The van der Waals surface area contributed by atoms with Crippen molar-refractivity contribution in [1.82, 2.24) is 9.97 Å². The number of hydrogen-bond donors (Lipinski definition) is 4. The van der Waals surface area contributed by atoms with Crippen LogP contribution < -0.4 is 16.4 Å². The molecule has 3 rings (SSSR count). The van der Waals surface area contributed by atoms with E-state index in [9.17, 15) is 14.7 Å². The van der Waals surface area contributed by atoms with E-state index in [0.717, 1.165) is 11.9 Å². The fourth-order valence-electron chi connectivity index (χ4n) is 2.36. The highest BCUT2D eigenvalue weighted by Gasteiger charge is 2.17. The largest absolute Gasteiger partial charge is 0.503 e. The van der Waals surface area contributed by atoms with Crippen molar-refractivity contribution in [2.75, 3.05) is 16.4 Å². The van der Waals surface area contributed by atoms with Gasteiger partial charge in [0.05, 0.1) is 0 Å². The second kappa shape index (κ2) is 7.52. The highest BCUT2D eigenvalue weighted by molar-refractivity contribution is 6.08. The molecule has 1 aromatic heterocycles. The lowest BCUT2D eigenvalue weighted by molar-refractivity contribution is 0.101. The second-order valence-electron chi connectivity index (χ2n) is 5.76. The first-order valence-electron chi connectivity index (χ1n) is 8.03. The third-order valence-corrected chi connectivity index (χ3v) is 3.85. The number of carbonyl (C=O) groups is 2. The number of nitrogen functional groups attached to an aromatic ring is 1. The molecule has 0 aliphatic rings. The van der Waals surface area contributed by atoms with Gasteiger partial charge in [0.2, 0.25) is 0 Å². The lowest BCUT2D eigenvalue weighted by Gasteiger charge is -2.11. The Hall–Kier alpha value is -3.94. The van der Waals surface area contributed by atoms with Crippen molar-refractivity contribution in [2.45, 2.75) is 6.92 Å². The standard InChI is InChI=1S/C19H17N5O3/c1-11-7-8-12(18(26)23-13-5-3-2-4-6-13)9-14(11)24-19(27)15-16(25)17(20)22-10-21-15/h2-10,25H,1H3,(H,23,26)(H,24,27)(H2,20,21,22). The molecule has 0 saturated heterocycles. The molecule has 1 heterocycles. The van der Waals surface area contributed by atoms with Gasteiger partial charge in [-0.2, -0.15) is 0 Å². The average Bonchev–Trinajstić information content (AvgIpc) is 2.66. The number of hydrogen-bond acceptors (Lipinski definition) is 6. The fourth-order valence-corrected chi connectivity index (χ4v) is 2.36. The maximum absolute atomic E-state index is 12.4. The first-order valence-corrected chi connectivity index (χ1v) is 8.03. The van der Waals surface area contributed by atoms with Gasteiger partial charge >= 0.3 is 0 Å². The van der Waals surface area contributed by atoms with Gasteiger partial charge in [0, 0.05) is 16.9 Å². The van der Waals surface area contributed by atoms with E-state index in [2.05, 4.69) is 20.6 Å². The zero-order valence-electron chi connectivity index (χ0n) is 14.4. The number of nitrogens with one attached hydrogen (secondary N) is 2. The van der Waals surface area contributed by atoms with Gasteiger partial charge in [-0.1, -0.05) is 24.3 Å². The number of anilines is 3. The summed E-state index contributed by atoms with van der Waals surface area (Å²) in [5, 5.41) is 15.3. The Kier molecular flexibility index (Phi) is 4.98. The van der Waals surface area contributed by atoms with E-state index in [1.807, 2.05) is 18.2 Å². The Labute approximate surface area is 155 Å². The lowest BCUT2D eigenvalue weighted by Crippen LogP contribution is -2.17. The zero-order chi connectivity index (χ0) is 19.4. The number of aromatic nitrogens is 2. The van der Waals surface area contributed by atoms with Crippen LogP contribution in [0.1, 0.15) is 26.4 Å².